The molecule has 0 aliphatic carbocycles. The number of nitrogens with one attached hydrogen (secondary N) is 1. The summed E-state index contributed by atoms with van der Waals surface area (Å²) < 4.78 is 5.02. The van der Waals surface area contributed by atoms with E-state index in [1.807, 2.05) is 14.1 Å². The zero-order valence-corrected chi connectivity index (χ0v) is 9.53. The second-order valence-electron chi connectivity index (χ2n) is 3.30. The topological polar surface area (TPSA) is 50.3 Å². The average Bonchev–Trinajstić information content (AvgIpc) is 2.29. The molecule has 0 fully saturated rings. The summed E-state index contributed by atoms with van der Waals surface area (Å²) in [5.74, 6) is 1.39. The van der Waals surface area contributed by atoms with Crippen molar-refractivity contribution in [2.24, 2.45) is 0 Å². The third-order valence-electron chi connectivity index (χ3n) is 2.12. The van der Waals surface area contributed by atoms with Gasteiger partial charge in [-0.3, -0.25) is 4.98 Å². The zero-order chi connectivity index (χ0) is 11.1. The van der Waals surface area contributed by atoms with Gasteiger partial charge in [0.15, 0.2) is 5.82 Å². The molecule has 0 radical (unpaired) electrons. The summed E-state index contributed by atoms with van der Waals surface area (Å²) >= 11 is 0. The molecule has 0 atom stereocenters. The van der Waals surface area contributed by atoms with Gasteiger partial charge >= 0.3 is 0 Å². The molecule has 0 aliphatic heterocycles. The first-order valence-electron chi connectivity index (χ1n) is 4.99. The molecule has 0 aliphatic rings. The smallest absolute Gasteiger partial charge is 0.233 e. The van der Waals surface area contributed by atoms with Crippen LogP contribution in [0, 0.1) is 0 Å². The highest BCUT2D eigenvalue weighted by Crippen LogP contribution is 2.11. The standard InChI is InChI=1S/C10H18N4O/c1-11-5-4-6-14(2)9-7-12-8-10(13-9)15-3/h7-8,11H,4-6H2,1-3H3. The second kappa shape index (κ2) is 6.19. The van der Waals surface area contributed by atoms with Crippen LogP contribution in [-0.4, -0.2) is 44.3 Å². The Morgan fingerprint density at radius 3 is 2.93 bits per heavy atom. The molecular weight excluding hydrogens is 192 g/mol. The van der Waals surface area contributed by atoms with Crippen LogP contribution >= 0.6 is 0 Å². The van der Waals surface area contributed by atoms with Gasteiger partial charge in [0.1, 0.15) is 0 Å². The van der Waals surface area contributed by atoms with Crippen LogP contribution in [0.4, 0.5) is 5.82 Å². The molecule has 0 saturated carbocycles. The van der Waals surface area contributed by atoms with Gasteiger partial charge in [0, 0.05) is 13.6 Å². The highest BCUT2D eigenvalue weighted by molar-refractivity contribution is 5.36. The van der Waals surface area contributed by atoms with Gasteiger partial charge in [0.05, 0.1) is 19.5 Å². The van der Waals surface area contributed by atoms with Crippen LogP contribution < -0.4 is 15.0 Å². The quantitative estimate of drug-likeness (QED) is 0.694. The van der Waals surface area contributed by atoms with E-state index in [1.165, 1.54) is 0 Å². The maximum atomic E-state index is 5.02. The van der Waals surface area contributed by atoms with E-state index in [2.05, 4.69) is 20.2 Å². The molecule has 1 aromatic rings. The summed E-state index contributed by atoms with van der Waals surface area (Å²) in [6, 6.07) is 0. The maximum Gasteiger partial charge on any atom is 0.233 e. The number of hydrogen-bond donors (Lipinski definition) is 1. The van der Waals surface area contributed by atoms with Crippen LogP contribution in [0.2, 0.25) is 0 Å². The molecule has 1 aromatic heterocycles. The normalized spacial score (nSPS) is 10.1. The van der Waals surface area contributed by atoms with Gasteiger partial charge in [-0.2, -0.15) is 4.98 Å². The number of nitrogens with zero attached hydrogens (tertiary/aromatic N) is 3. The summed E-state index contributed by atoms with van der Waals surface area (Å²) in [4.78, 5) is 10.4. The lowest BCUT2D eigenvalue weighted by Gasteiger charge is -2.17. The fourth-order valence-corrected chi connectivity index (χ4v) is 1.23. The molecule has 84 valence electrons. The van der Waals surface area contributed by atoms with Crippen LogP contribution in [0.25, 0.3) is 0 Å². The summed E-state index contributed by atoms with van der Waals surface area (Å²) in [5, 5.41) is 3.11. The Morgan fingerprint density at radius 2 is 2.27 bits per heavy atom. The molecule has 1 heterocycles. The number of anilines is 1. The monoisotopic (exact) mass is 210 g/mol. The second-order valence-corrected chi connectivity index (χ2v) is 3.30. The highest BCUT2D eigenvalue weighted by atomic mass is 16.5. The maximum absolute atomic E-state index is 5.02. The van der Waals surface area contributed by atoms with Crippen molar-refractivity contribution in [1.29, 1.82) is 0 Å². The Kier molecular flexibility index (Phi) is 4.83. The molecule has 0 saturated heterocycles. The molecule has 0 unspecified atom stereocenters. The van der Waals surface area contributed by atoms with E-state index < -0.39 is 0 Å². The van der Waals surface area contributed by atoms with Crippen LogP contribution in [0.5, 0.6) is 5.88 Å². The van der Waals surface area contributed by atoms with Gasteiger partial charge in [0.2, 0.25) is 5.88 Å². The van der Waals surface area contributed by atoms with Crippen molar-refractivity contribution in [3.8, 4) is 5.88 Å². The largest absolute Gasteiger partial charge is 0.480 e. The first kappa shape index (κ1) is 11.7. The predicted octanol–water partition coefficient (Wildman–Crippen LogP) is 0.531. The minimum atomic E-state index is 0.549. The number of aromatic nitrogens is 2. The Hall–Kier alpha value is -1.36. The van der Waals surface area contributed by atoms with Crippen LogP contribution in [-0.2, 0) is 0 Å². The molecule has 1 N–H and O–H groups in total. The van der Waals surface area contributed by atoms with Crippen molar-refractivity contribution < 1.29 is 4.74 Å². The molecular formula is C10H18N4O. The van der Waals surface area contributed by atoms with Gasteiger partial charge < -0.3 is 15.0 Å². The molecule has 1 rings (SSSR count). The Morgan fingerprint density at radius 1 is 1.47 bits per heavy atom. The highest BCUT2D eigenvalue weighted by Gasteiger charge is 2.03. The first-order valence-corrected chi connectivity index (χ1v) is 4.99. The average molecular weight is 210 g/mol. The lowest BCUT2D eigenvalue weighted by Crippen LogP contribution is -2.23. The number of methoxy groups -OCH3 is 1. The van der Waals surface area contributed by atoms with Gasteiger partial charge in [-0.05, 0) is 20.0 Å². The number of rotatable bonds is 6. The van der Waals surface area contributed by atoms with Gasteiger partial charge in [0.25, 0.3) is 0 Å². The van der Waals surface area contributed by atoms with E-state index in [0.717, 1.165) is 25.3 Å². The summed E-state index contributed by atoms with van der Waals surface area (Å²) in [7, 11) is 5.54. The minimum Gasteiger partial charge on any atom is -0.480 e. The third kappa shape index (κ3) is 3.71. The van der Waals surface area contributed by atoms with E-state index in [0.29, 0.717) is 5.88 Å². The van der Waals surface area contributed by atoms with Crippen molar-refractivity contribution in [2.45, 2.75) is 6.42 Å². The lowest BCUT2D eigenvalue weighted by atomic mass is 10.4. The fourth-order valence-electron chi connectivity index (χ4n) is 1.23. The molecule has 0 bridgehead atoms. The molecule has 0 spiro atoms. The molecule has 0 amide bonds. The van der Waals surface area contributed by atoms with Crippen LogP contribution in [0.1, 0.15) is 6.42 Å². The van der Waals surface area contributed by atoms with Crippen molar-refractivity contribution in [3.05, 3.63) is 12.4 Å². The first-order chi connectivity index (χ1) is 7.27. The molecule has 5 heteroatoms. The van der Waals surface area contributed by atoms with E-state index in [-0.39, 0.29) is 0 Å². The Balaban J connectivity index is 2.52. The fraction of sp³-hybridized carbons (Fsp3) is 0.600. The van der Waals surface area contributed by atoms with Crippen LogP contribution in [0.3, 0.4) is 0 Å². The Bertz CT molecular complexity index is 293. The van der Waals surface area contributed by atoms with Gasteiger partial charge in [-0.15, -0.1) is 0 Å². The summed E-state index contributed by atoms with van der Waals surface area (Å²) in [6.07, 6.45) is 4.42. The van der Waals surface area contributed by atoms with Crippen molar-refractivity contribution in [3.63, 3.8) is 0 Å². The number of ether oxygens (including phenoxy) is 1. The minimum absolute atomic E-state index is 0.549. The van der Waals surface area contributed by atoms with Crippen molar-refractivity contribution in [2.75, 3.05) is 39.2 Å². The molecule has 15 heavy (non-hydrogen) atoms. The van der Waals surface area contributed by atoms with E-state index >= 15 is 0 Å². The van der Waals surface area contributed by atoms with E-state index in [1.54, 1.807) is 19.5 Å². The van der Waals surface area contributed by atoms with E-state index in [9.17, 15) is 0 Å². The SMILES string of the molecule is CNCCCN(C)c1cncc(OC)n1. The van der Waals surface area contributed by atoms with Crippen molar-refractivity contribution in [1.82, 2.24) is 15.3 Å². The van der Waals surface area contributed by atoms with Crippen molar-refractivity contribution >= 4 is 5.82 Å². The lowest BCUT2D eigenvalue weighted by molar-refractivity contribution is 0.395. The summed E-state index contributed by atoms with van der Waals surface area (Å²) in [5.41, 5.74) is 0. The third-order valence-corrected chi connectivity index (χ3v) is 2.12. The molecule has 5 nitrogen and oxygen atoms in total. The predicted molar refractivity (Wildman–Crippen MR) is 60.4 cm³/mol. The number of hydrogen-bond acceptors (Lipinski definition) is 5. The zero-order valence-electron chi connectivity index (χ0n) is 9.53. The van der Waals surface area contributed by atoms with Crippen LogP contribution in [0.15, 0.2) is 12.4 Å². The molecule has 0 aromatic carbocycles. The van der Waals surface area contributed by atoms with E-state index in [4.69, 9.17) is 4.74 Å². The van der Waals surface area contributed by atoms with Gasteiger partial charge in [-0.25, -0.2) is 0 Å². The Labute approximate surface area is 90.5 Å². The summed E-state index contributed by atoms with van der Waals surface area (Å²) in [6.45, 7) is 1.95. The van der Waals surface area contributed by atoms with Gasteiger partial charge in [-0.1, -0.05) is 0 Å².